The van der Waals surface area contributed by atoms with Crippen LogP contribution in [0.5, 0.6) is 0 Å². The zero-order valence-electron chi connectivity index (χ0n) is 11.7. The number of methoxy groups -OCH3 is 1. The van der Waals surface area contributed by atoms with Crippen LogP contribution in [-0.4, -0.2) is 33.6 Å². The van der Waals surface area contributed by atoms with Crippen LogP contribution in [0.2, 0.25) is 0 Å². The number of ether oxygens (including phenoxy) is 1. The molecule has 1 amide bonds. The maximum Gasteiger partial charge on any atom is 0.253 e. The van der Waals surface area contributed by atoms with Crippen molar-refractivity contribution in [1.82, 2.24) is 5.32 Å². The zero-order valence-corrected chi connectivity index (χ0v) is 14.1. The standard InChI is InChI=1S/C12H16BrFN2O4S/c1-12(2,6-20-3)16-11(17)8-4-7(14)5-9(10(8)13)21(15,18)19/h4-5H,6H2,1-3H3,(H,16,17)(H2,15,18,19). The quantitative estimate of drug-likeness (QED) is 0.803. The van der Waals surface area contributed by atoms with E-state index in [1.807, 2.05) is 0 Å². The van der Waals surface area contributed by atoms with Crippen molar-refractivity contribution in [2.75, 3.05) is 13.7 Å². The number of nitrogens with two attached hydrogens (primary N) is 1. The van der Waals surface area contributed by atoms with Gasteiger partial charge in [-0.25, -0.2) is 17.9 Å². The summed E-state index contributed by atoms with van der Waals surface area (Å²) in [5, 5.41) is 7.62. The highest BCUT2D eigenvalue weighted by molar-refractivity contribution is 9.10. The van der Waals surface area contributed by atoms with E-state index >= 15 is 0 Å². The Hall–Kier alpha value is -1.03. The first-order valence-electron chi connectivity index (χ1n) is 5.81. The van der Waals surface area contributed by atoms with Gasteiger partial charge in [-0.1, -0.05) is 0 Å². The Labute approximate surface area is 131 Å². The predicted molar refractivity (Wildman–Crippen MR) is 78.9 cm³/mol. The van der Waals surface area contributed by atoms with Gasteiger partial charge in [0.15, 0.2) is 0 Å². The lowest BCUT2D eigenvalue weighted by Gasteiger charge is -2.25. The van der Waals surface area contributed by atoms with Crippen molar-refractivity contribution in [3.63, 3.8) is 0 Å². The summed E-state index contributed by atoms with van der Waals surface area (Å²) in [5.41, 5.74) is -0.873. The van der Waals surface area contributed by atoms with E-state index in [0.717, 1.165) is 12.1 Å². The molecule has 1 aromatic rings. The van der Waals surface area contributed by atoms with E-state index in [-0.39, 0.29) is 16.6 Å². The Kier molecular flexibility index (Phi) is 5.48. The highest BCUT2D eigenvalue weighted by Gasteiger charge is 2.25. The highest BCUT2D eigenvalue weighted by atomic mass is 79.9. The van der Waals surface area contributed by atoms with Crippen LogP contribution >= 0.6 is 15.9 Å². The van der Waals surface area contributed by atoms with E-state index in [1.54, 1.807) is 13.8 Å². The van der Waals surface area contributed by atoms with Gasteiger partial charge in [-0.05, 0) is 41.9 Å². The number of carbonyl (C=O) groups excluding carboxylic acids is 1. The lowest BCUT2D eigenvalue weighted by atomic mass is 10.1. The maximum atomic E-state index is 13.5. The molecule has 0 fully saturated rings. The number of hydrogen-bond donors (Lipinski definition) is 2. The third kappa shape index (κ3) is 4.73. The molecule has 0 aliphatic rings. The van der Waals surface area contributed by atoms with Crippen LogP contribution in [0.1, 0.15) is 24.2 Å². The van der Waals surface area contributed by atoms with Gasteiger partial charge in [0, 0.05) is 7.11 Å². The molecule has 21 heavy (non-hydrogen) atoms. The first-order chi connectivity index (χ1) is 9.48. The fourth-order valence-corrected chi connectivity index (χ4v) is 3.43. The molecule has 9 heteroatoms. The fourth-order valence-electron chi connectivity index (χ4n) is 1.71. The summed E-state index contributed by atoms with van der Waals surface area (Å²) < 4.78 is 41.2. The van der Waals surface area contributed by atoms with Gasteiger partial charge < -0.3 is 10.1 Å². The van der Waals surface area contributed by atoms with Crippen LogP contribution in [-0.2, 0) is 14.8 Å². The average molecular weight is 383 g/mol. The van der Waals surface area contributed by atoms with Gasteiger partial charge in [-0.15, -0.1) is 0 Å². The summed E-state index contributed by atoms with van der Waals surface area (Å²) in [6, 6.07) is 1.67. The smallest absolute Gasteiger partial charge is 0.253 e. The van der Waals surface area contributed by atoms with Crippen molar-refractivity contribution >= 4 is 31.9 Å². The van der Waals surface area contributed by atoms with Gasteiger partial charge in [-0.3, -0.25) is 4.79 Å². The van der Waals surface area contributed by atoms with Crippen LogP contribution in [0, 0.1) is 5.82 Å². The van der Waals surface area contributed by atoms with E-state index in [1.165, 1.54) is 7.11 Å². The molecule has 0 radical (unpaired) electrons. The lowest BCUT2D eigenvalue weighted by molar-refractivity contribution is 0.0818. The molecule has 0 aliphatic heterocycles. The number of nitrogens with one attached hydrogen (secondary N) is 1. The van der Waals surface area contributed by atoms with Crippen molar-refractivity contribution in [1.29, 1.82) is 0 Å². The summed E-state index contributed by atoms with van der Waals surface area (Å²) in [4.78, 5) is 11.7. The van der Waals surface area contributed by atoms with E-state index in [0.29, 0.717) is 0 Å². The molecule has 0 atom stereocenters. The molecule has 1 rings (SSSR count). The first kappa shape index (κ1) is 18.0. The third-order valence-electron chi connectivity index (χ3n) is 2.51. The van der Waals surface area contributed by atoms with Gasteiger partial charge >= 0.3 is 0 Å². The molecule has 118 valence electrons. The summed E-state index contributed by atoms with van der Waals surface area (Å²) >= 11 is 2.98. The topological polar surface area (TPSA) is 98.5 Å². The monoisotopic (exact) mass is 382 g/mol. The van der Waals surface area contributed by atoms with E-state index in [2.05, 4.69) is 21.2 Å². The highest BCUT2D eigenvalue weighted by Crippen LogP contribution is 2.27. The Morgan fingerprint density at radius 1 is 1.48 bits per heavy atom. The van der Waals surface area contributed by atoms with Gasteiger partial charge in [-0.2, -0.15) is 0 Å². The van der Waals surface area contributed by atoms with Crippen LogP contribution in [0.15, 0.2) is 21.5 Å². The summed E-state index contributed by atoms with van der Waals surface area (Å²) in [7, 11) is -2.68. The van der Waals surface area contributed by atoms with E-state index in [9.17, 15) is 17.6 Å². The third-order valence-corrected chi connectivity index (χ3v) is 4.56. The van der Waals surface area contributed by atoms with Crippen LogP contribution < -0.4 is 10.5 Å². The zero-order chi connectivity index (χ0) is 16.4. The normalized spacial score (nSPS) is 12.3. The molecule has 0 aromatic heterocycles. The summed E-state index contributed by atoms with van der Waals surface area (Å²) in [6.07, 6.45) is 0. The second-order valence-corrected chi connectivity index (χ2v) is 7.40. The number of rotatable bonds is 5. The SMILES string of the molecule is COCC(C)(C)NC(=O)c1cc(F)cc(S(N)(=O)=O)c1Br. The van der Waals surface area contributed by atoms with Gasteiger partial charge in [0.05, 0.1) is 27.1 Å². The fraction of sp³-hybridized carbons (Fsp3) is 0.417. The van der Waals surface area contributed by atoms with Crippen molar-refractivity contribution < 1.29 is 22.3 Å². The molecule has 6 nitrogen and oxygen atoms in total. The van der Waals surface area contributed by atoms with Crippen molar-refractivity contribution in [3.05, 3.63) is 28.0 Å². The van der Waals surface area contributed by atoms with E-state index < -0.39 is 32.2 Å². The van der Waals surface area contributed by atoms with E-state index in [4.69, 9.17) is 9.88 Å². The predicted octanol–water partition coefficient (Wildman–Crippen LogP) is 1.39. The minimum Gasteiger partial charge on any atom is -0.382 e. The molecule has 0 heterocycles. The molecular weight excluding hydrogens is 367 g/mol. The van der Waals surface area contributed by atoms with Crippen LogP contribution in [0.25, 0.3) is 0 Å². The van der Waals surface area contributed by atoms with Gasteiger partial charge in [0.2, 0.25) is 10.0 Å². The van der Waals surface area contributed by atoms with Crippen molar-refractivity contribution in [2.45, 2.75) is 24.3 Å². The second-order valence-electron chi connectivity index (χ2n) is 5.08. The number of amides is 1. The summed E-state index contributed by atoms with van der Waals surface area (Å²) in [5.74, 6) is -1.52. The summed E-state index contributed by atoms with van der Waals surface area (Å²) in [6.45, 7) is 3.65. The largest absolute Gasteiger partial charge is 0.382 e. The molecule has 0 aliphatic carbocycles. The van der Waals surface area contributed by atoms with Gasteiger partial charge in [0.1, 0.15) is 5.82 Å². The van der Waals surface area contributed by atoms with Crippen molar-refractivity contribution in [2.24, 2.45) is 5.14 Å². The Balaban J connectivity index is 3.26. The minimum absolute atomic E-state index is 0.0860. The molecule has 0 saturated carbocycles. The Morgan fingerprint density at radius 2 is 2.05 bits per heavy atom. The number of benzene rings is 1. The van der Waals surface area contributed by atoms with Crippen molar-refractivity contribution in [3.8, 4) is 0 Å². The molecular formula is C12H16BrFN2O4S. The minimum atomic E-state index is -4.16. The Morgan fingerprint density at radius 3 is 2.52 bits per heavy atom. The number of hydrogen-bond acceptors (Lipinski definition) is 4. The van der Waals surface area contributed by atoms with Crippen LogP contribution in [0.3, 0.4) is 0 Å². The molecule has 1 aromatic carbocycles. The van der Waals surface area contributed by atoms with Crippen LogP contribution in [0.4, 0.5) is 4.39 Å². The molecule has 3 N–H and O–H groups in total. The lowest BCUT2D eigenvalue weighted by Crippen LogP contribution is -2.47. The second kappa shape index (κ2) is 6.39. The number of sulfonamides is 1. The number of carbonyl (C=O) groups is 1. The number of primary sulfonamides is 1. The molecule has 0 unspecified atom stereocenters. The average Bonchev–Trinajstić information content (AvgIpc) is 2.29. The molecule has 0 spiro atoms. The number of halogens is 2. The first-order valence-corrected chi connectivity index (χ1v) is 8.15. The van der Waals surface area contributed by atoms with Gasteiger partial charge in [0.25, 0.3) is 5.91 Å². The molecule has 0 bridgehead atoms. The Bertz CT molecular complexity index is 661. The molecule has 0 saturated heterocycles. The maximum absolute atomic E-state index is 13.5.